The van der Waals surface area contributed by atoms with Gasteiger partial charge in [-0.1, -0.05) is 44.3 Å². The van der Waals surface area contributed by atoms with Crippen LogP contribution in [0, 0.1) is 0 Å². The number of esters is 1. The Balaban J connectivity index is 1.92. The Morgan fingerprint density at radius 2 is 1.79 bits per heavy atom. The lowest BCUT2D eigenvalue weighted by Gasteiger charge is -2.07. The molecule has 1 aliphatic heterocycles. The number of rotatable bonds is 9. The molecule has 0 saturated heterocycles. The standard InChI is InChI=1S/C14H24O4S/c1-13(15)18-11-7-5-3-2-4-6-9-14-10-8-12-19(14,16)17/h8,10,14H,2-7,9,11-12H2,1H3. The van der Waals surface area contributed by atoms with Gasteiger partial charge in [0.25, 0.3) is 0 Å². The molecule has 1 atom stereocenters. The first-order chi connectivity index (χ1) is 9.02. The SMILES string of the molecule is CC(=O)OCCCCCCCCC1C=CCS1(=O)=O. The van der Waals surface area contributed by atoms with Crippen molar-refractivity contribution in [1.82, 2.24) is 0 Å². The molecule has 1 unspecified atom stereocenters. The number of carbonyl (C=O) groups is 1. The van der Waals surface area contributed by atoms with Gasteiger partial charge in [0.2, 0.25) is 0 Å². The first-order valence-corrected chi connectivity index (χ1v) is 8.75. The number of hydrogen-bond acceptors (Lipinski definition) is 4. The van der Waals surface area contributed by atoms with Crippen LogP contribution < -0.4 is 0 Å². The molecule has 1 heterocycles. The van der Waals surface area contributed by atoms with Crippen molar-refractivity contribution in [3.63, 3.8) is 0 Å². The number of unbranched alkanes of at least 4 members (excludes halogenated alkanes) is 5. The molecule has 1 rings (SSSR count). The normalized spacial score (nSPS) is 20.6. The zero-order chi connectivity index (χ0) is 14.1. The fraction of sp³-hybridized carbons (Fsp3) is 0.786. The maximum atomic E-state index is 11.6. The Morgan fingerprint density at radius 3 is 2.37 bits per heavy atom. The fourth-order valence-electron chi connectivity index (χ4n) is 2.23. The monoisotopic (exact) mass is 288 g/mol. The van der Waals surface area contributed by atoms with Gasteiger partial charge in [0.1, 0.15) is 0 Å². The van der Waals surface area contributed by atoms with Gasteiger partial charge in [-0.3, -0.25) is 4.79 Å². The van der Waals surface area contributed by atoms with Crippen LogP contribution in [-0.2, 0) is 19.4 Å². The molecule has 0 radical (unpaired) electrons. The minimum Gasteiger partial charge on any atom is -0.466 e. The lowest BCUT2D eigenvalue weighted by Crippen LogP contribution is -2.15. The van der Waals surface area contributed by atoms with Gasteiger partial charge in [-0.05, 0) is 12.8 Å². The van der Waals surface area contributed by atoms with Crippen molar-refractivity contribution in [3.8, 4) is 0 Å². The first-order valence-electron chi connectivity index (χ1n) is 7.04. The van der Waals surface area contributed by atoms with Gasteiger partial charge in [0.05, 0.1) is 17.6 Å². The Kier molecular flexibility index (Phi) is 7.13. The van der Waals surface area contributed by atoms with Crippen LogP contribution in [0.4, 0.5) is 0 Å². The highest BCUT2D eigenvalue weighted by atomic mass is 32.2. The maximum Gasteiger partial charge on any atom is 0.302 e. The maximum absolute atomic E-state index is 11.6. The van der Waals surface area contributed by atoms with Gasteiger partial charge < -0.3 is 4.74 Å². The van der Waals surface area contributed by atoms with Crippen LogP contribution in [0.3, 0.4) is 0 Å². The van der Waals surface area contributed by atoms with E-state index in [-0.39, 0.29) is 17.0 Å². The first kappa shape index (κ1) is 16.2. The number of sulfone groups is 1. The summed E-state index contributed by atoms with van der Waals surface area (Å²) in [7, 11) is -2.86. The summed E-state index contributed by atoms with van der Waals surface area (Å²) in [6, 6.07) is 0. The summed E-state index contributed by atoms with van der Waals surface area (Å²) in [5.41, 5.74) is 0. The zero-order valence-electron chi connectivity index (χ0n) is 11.6. The summed E-state index contributed by atoms with van der Waals surface area (Å²) in [6.45, 7) is 1.94. The van der Waals surface area contributed by atoms with Crippen LogP contribution in [0.5, 0.6) is 0 Å². The Morgan fingerprint density at radius 1 is 1.16 bits per heavy atom. The fourth-order valence-corrected chi connectivity index (χ4v) is 3.73. The van der Waals surface area contributed by atoms with E-state index in [1.807, 2.05) is 6.08 Å². The molecular formula is C14H24O4S. The Hall–Kier alpha value is -0.840. The van der Waals surface area contributed by atoms with Gasteiger partial charge in [0, 0.05) is 6.92 Å². The molecule has 0 fully saturated rings. The third kappa shape index (κ3) is 6.76. The predicted molar refractivity (Wildman–Crippen MR) is 75.7 cm³/mol. The summed E-state index contributed by atoms with van der Waals surface area (Å²) in [4.78, 5) is 10.5. The molecule has 1 aliphatic rings. The number of carbonyl (C=O) groups excluding carboxylic acids is 1. The van der Waals surface area contributed by atoms with E-state index in [9.17, 15) is 13.2 Å². The quantitative estimate of drug-likeness (QED) is 0.372. The highest BCUT2D eigenvalue weighted by molar-refractivity contribution is 7.92. The van der Waals surface area contributed by atoms with Crippen molar-refractivity contribution < 1.29 is 17.9 Å². The molecular weight excluding hydrogens is 264 g/mol. The van der Waals surface area contributed by atoms with Crippen molar-refractivity contribution in [2.24, 2.45) is 0 Å². The second kappa shape index (κ2) is 8.35. The largest absolute Gasteiger partial charge is 0.466 e. The number of ether oxygens (including phenoxy) is 1. The van der Waals surface area contributed by atoms with E-state index in [4.69, 9.17) is 4.74 Å². The highest BCUT2D eigenvalue weighted by Crippen LogP contribution is 2.19. The van der Waals surface area contributed by atoms with Crippen LogP contribution in [0.15, 0.2) is 12.2 Å². The predicted octanol–water partition coefficient (Wildman–Crippen LogP) is 2.63. The van der Waals surface area contributed by atoms with Crippen LogP contribution in [0.25, 0.3) is 0 Å². The lowest BCUT2D eigenvalue weighted by atomic mass is 10.1. The second-order valence-corrected chi connectivity index (χ2v) is 7.31. The van der Waals surface area contributed by atoms with Crippen molar-refractivity contribution >= 4 is 15.8 Å². The molecule has 4 nitrogen and oxygen atoms in total. The molecule has 0 spiro atoms. The molecule has 0 saturated carbocycles. The van der Waals surface area contributed by atoms with E-state index in [1.165, 1.54) is 6.92 Å². The summed E-state index contributed by atoms with van der Waals surface area (Å²) >= 11 is 0. The van der Waals surface area contributed by atoms with Crippen LogP contribution in [0.1, 0.15) is 51.9 Å². The van der Waals surface area contributed by atoms with E-state index < -0.39 is 9.84 Å². The van der Waals surface area contributed by atoms with Crippen molar-refractivity contribution in [2.45, 2.75) is 57.1 Å². The van der Waals surface area contributed by atoms with Gasteiger partial charge in [-0.2, -0.15) is 0 Å². The molecule has 5 heteroatoms. The van der Waals surface area contributed by atoms with E-state index in [1.54, 1.807) is 6.08 Å². The molecule has 0 amide bonds. The average Bonchev–Trinajstić information content (AvgIpc) is 2.66. The molecule has 0 aromatic rings. The third-order valence-corrected chi connectivity index (χ3v) is 5.30. The molecule has 0 N–H and O–H groups in total. The zero-order valence-corrected chi connectivity index (χ0v) is 12.5. The van der Waals surface area contributed by atoms with E-state index >= 15 is 0 Å². The van der Waals surface area contributed by atoms with E-state index in [0.29, 0.717) is 6.61 Å². The summed E-state index contributed by atoms with van der Waals surface area (Å²) in [5, 5.41) is -0.239. The molecule has 110 valence electrons. The molecule has 0 aromatic heterocycles. The van der Waals surface area contributed by atoms with Gasteiger partial charge in [-0.15, -0.1) is 0 Å². The Labute approximate surface area is 116 Å². The van der Waals surface area contributed by atoms with E-state index in [2.05, 4.69) is 0 Å². The van der Waals surface area contributed by atoms with Crippen molar-refractivity contribution in [2.75, 3.05) is 12.4 Å². The second-order valence-electron chi connectivity index (χ2n) is 5.05. The highest BCUT2D eigenvalue weighted by Gasteiger charge is 2.25. The molecule has 0 aliphatic carbocycles. The molecule has 19 heavy (non-hydrogen) atoms. The van der Waals surface area contributed by atoms with Crippen LogP contribution in [-0.4, -0.2) is 32.0 Å². The third-order valence-electron chi connectivity index (χ3n) is 3.33. The summed E-state index contributed by atoms with van der Waals surface area (Å²) in [6.07, 6.45) is 10.6. The lowest BCUT2D eigenvalue weighted by molar-refractivity contribution is -0.141. The van der Waals surface area contributed by atoms with E-state index in [0.717, 1.165) is 44.9 Å². The van der Waals surface area contributed by atoms with Gasteiger partial charge in [-0.25, -0.2) is 8.42 Å². The Bertz CT molecular complexity index is 398. The van der Waals surface area contributed by atoms with Crippen molar-refractivity contribution in [3.05, 3.63) is 12.2 Å². The minimum atomic E-state index is -2.86. The molecule has 0 bridgehead atoms. The summed E-state index contributed by atoms with van der Waals surface area (Å²) < 4.78 is 27.9. The van der Waals surface area contributed by atoms with Crippen LogP contribution >= 0.6 is 0 Å². The van der Waals surface area contributed by atoms with Gasteiger partial charge in [0.15, 0.2) is 9.84 Å². The van der Waals surface area contributed by atoms with Gasteiger partial charge >= 0.3 is 5.97 Å². The van der Waals surface area contributed by atoms with Crippen molar-refractivity contribution in [1.29, 1.82) is 0 Å². The average molecular weight is 288 g/mol. The molecule has 0 aromatic carbocycles. The smallest absolute Gasteiger partial charge is 0.302 e. The minimum absolute atomic E-state index is 0.216. The topological polar surface area (TPSA) is 60.4 Å². The van der Waals surface area contributed by atoms with Crippen LogP contribution in [0.2, 0.25) is 0 Å². The summed E-state index contributed by atoms with van der Waals surface area (Å²) in [5.74, 6) is -0.000740. The number of hydrogen-bond donors (Lipinski definition) is 0.